The summed E-state index contributed by atoms with van der Waals surface area (Å²) in [6, 6.07) is 6.52. The number of aliphatic hydroxyl groups is 1. The quantitative estimate of drug-likeness (QED) is 0.901. The maximum atomic E-state index is 10.8. The average molecular weight is 290 g/mol. The number of methoxy groups -OCH3 is 1. The lowest BCUT2D eigenvalue weighted by Gasteiger charge is -2.45. The van der Waals surface area contributed by atoms with Gasteiger partial charge in [0.2, 0.25) is 0 Å². The molecule has 2 nitrogen and oxygen atoms in total. The zero-order valence-corrected chi connectivity index (χ0v) is 14.2. The van der Waals surface area contributed by atoms with E-state index in [-0.39, 0.29) is 5.60 Å². The molecule has 0 aromatic heterocycles. The van der Waals surface area contributed by atoms with Crippen LogP contribution in [0.15, 0.2) is 18.2 Å². The zero-order valence-electron chi connectivity index (χ0n) is 14.2. The molecule has 0 bridgehead atoms. The van der Waals surface area contributed by atoms with Gasteiger partial charge in [0.1, 0.15) is 0 Å². The summed E-state index contributed by atoms with van der Waals surface area (Å²) in [5, 5.41) is 10.8. The van der Waals surface area contributed by atoms with Crippen LogP contribution in [0, 0.1) is 19.3 Å². The second-order valence-electron chi connectivity index (χ2n) is 7.65. The summed E-state index contributed by atoms with van der Waals surface area (Å²) in [7, 11) is 1.75. The molecule has 1 aromatic rings. The normalized spacial score (nSPS) is 22.0. The fourth-order valence-electron chi connectivity index (χ4n) is 3.62. The van der Waals surface area contributed by atoms with Gasteiger partial charge in [0.05, 0.1) is 11.7 Å². The van der Waals surface area contributed by atoms with Gasteiger partial charge in [-0.05, 0) is 50.5 Å². The van der Waals surface area contributed by atoms with Crippen molar-refractivity contribution in [2.75, 3.05) is 7.11 Å². The van der Waals surface area contributed by atoms with Crippen LogP contribution in [0.2, 0.25) is 0 Å². The predicted molar refractivity (Wildman–Crippen MR) is 87.6 cm³/mol. The molecule has 1 aliphatic carbocycles. The van der Waals surface area contributed by atoms with E-state index in [2.05, 4.69) is 45.9 Å². The minimum Gasteiger partial charge on any atom is -0.390 e. The number of benzene rings is 1. The number of hydrogen-bond donors (Lipinski definition) is 1. The van der Waals surface area contributed by atoms with E-state index in [1.54, 1.807) is 7.11 Å². The van der Waals surface area contributed by atoms with E-state index in [0.29, 0.717) is 11.8 Å². The fraction of sp³-hybridized carbons (Fsp3) is 0.684. The Kier molecular flexibility index (Phi) is 4.79. The lowest BCUT2D eigenvalue weighted by atomic mass is 9.68. The lowest BCUT2D eigenvalue weighted by molar-refractivity contribution is -0.135. The van der Waals surface area contributed by atoms with Gasteiger partial charge < -0.3 is 9.84 Å². The highest BCUT2D eigenvalue weighted by molar-refractivity contribution is 5.29. The second-order valence-corrected chi connectivity index (χ2v) is 7.65. The van der Waals surface area contributed by atoms with Crippen LogP contribution in [0.4, 0.5) is 0 Å². The molecule has 2 heteroatoms. The molecule has 118 valence electrons. The van der Waals surface area contributed by atoms with Crippen LogP contribution in [-0.2, 0) is 11.2 Å². The molecule has 0 radical (unpaired) electrons. The monoisotopic (exact) mass is 290 g/mol. The zero-order chi connectivity index (χ0) is 15.7. The minimum atomic E-state index is -0.431. The molecule has 2 rings (SSSR count). The molecular weight excluding hydrogens is 260 g/mol. The average Bonchev–Trinajstić information content (AvgIpc) is 2.38. The van der Waals surface area contributed by atoms with Gasteiger partial charge in [-0.15, -0.1) is 0 Å². The Morgan fingerprint density at radius 2 is 1.57 bits per heavy atom. The molecule has 1 unspecified atom stereocenters. The SMILES string of the molecule is COC1(C(O)Cc2cc(C)cc(C)c2)CCC(C)(C)CC1. The van der Waals surface area contributed by atoms with Crippen LogP contribution in [0.25, 0.3) is 0 Å². The van der Waals surface area contributed by atoms with E-state index in [0.717, 1.165) is 25.7 Å². The summed E-state index contributed by atoms with van der Waals surface area (Å²) in [6.45, 7) is 8.84. The first-order valence-corrected chi connectivity index (χ1v) is 8.07. The third-order valence-corrected chi connectivity index (χ3v) is 5.17. The second kappa shape index (κ2) is 6.10. The molecule has 1 saturated carbocycles. The third kappa shape index (κ3) is 3.87. The molecule has 1 atom stereocenters. The van der Waals surface area contributed by atoms with Crippen molar-refractivity contribution in [1.82, 2.24) is 0 Å². The molecular formula is C19H30O2. The molecule has 0 spiro atoms. The third-order valence-electron chi connectivity index (χ3n) is 5.17. The molecule has 1 aliphatic rings. The Balaban J connectivity index is 2.12. The van der Waals surface area contributed by atoms with E-state index < -0.39 is 6.10 Å². The van der Waals surface area contributed by atoms with E-state index >= 15 is 0 Å². The first-order valence-electron chi connectivity index (χ1n) is 8.07. The fourth-order valence-corrected chi connectivity index (χ4v) is 3.62. The van der Waals surface area contributed by atoms with Crippen molar-refractivity contribution in [2.24, 2.45) is 5.41 Å². The summed E-state index contributed by atoms with van der Waals surface area (Å²) >= 11 is 0. The molecule has 1 N–H and O–H groups in total. The van der Waals surface area contributed by atoms with Gasteiger partial charge in [0, 0.05) is 13.5 Å². The highest BCUT2D eigenvalue weighted by atomic mass is 16.5. The smallest absolute Gasteiger partial charge is 0.0940 e. The summed E-state index contributed by atoms with van der Waals surface area (Å²) in [6.07, 6.45) is 4.37. The number of rotatable bonds is 4. The van der Waals surface area contributed by atoms with Crippen molar-refractivity contribution >= 4 is 0 Å². The first-order chi connectivity index (χ1) is 9.76. The summed E-state index contributed by atoms with van der Waals surface area (Å²) in [5.74, 6) is 0. The van der Waals surface area contributed by atoms with Crippen molar-refractivity contribution in [2.45, 2.75) is 71.5 Å². The first kappa shape index (κ1) is 16.5. The van der Waals surface area contributed by atoms with Crippen molar-refractivity contribution in [3.8, 4) is 0 Å². The maximum absolute atomic E-state index is 10.8. The predicted octanol–water partition coefficient (Wildman–Crippen LogP) is 4.19. The Labute approximate surface area is 129 Å². The van der Waals surface area contributed by atoms with Crippen molar-refractivity contribution in [3.05, 3.63) is 34.9 Å². The molecule has 0 amide bonds. The highest BCUT2D eigenvalue weighted by Gasteiger charge is 2.43. The molecule has 0 saturated heterocycles. The van der Waals surface area contributed by atoms with Gasteiger partial charge in [-0.25, -0.2) is 0 Å². The molecule has 21 heavy (non-hydrogen) atoms. The van der Waals surface area contributed by atoms with Crippen LogP contribution in [0.1, 0.15) is 56.2 Å². The number of aliphatic hydroxyl groups excluding tert-OH is 1. The highest BCUT2D eigenvalue weighted by Crippen LogP contribution is 2.43. The van der Waals surface area contributed by atoms with E-state index in [1.807, 2.05) is 0 Å². The van der Waals surface area contributed by atoms with Gasteiger partial charge in [0.25, 0.3) is 0 Å². The standard InChI is InChI=1S/C19H30O2/c1-14-10-15(2)12-16(11-14)13-17(20)19(21-5)8-6-18(3,4)7-9-19/h10-12,17,20H,6-9,13H2,1-5H3. The summed E-state index contributed by atoms with van der Waals surface area (Å²) in [4.78, 5) is 0. The van der Waals surface area contributed by atoms with E-state index in [4.69, 9.17) is 4.74 Å². The van der Waals surface area contributed by atoms with Gasteiger partial charge in [-0.1, -0.05) is 43.2 Å². The molecule has 1 aromatic carbocycles. The van der Waals surface area contributed by atoms with Crippen LogP contribution in [0.5, 0.6) is 0 Å². The molecule has 0 heterocycles. The van der Waals surface area contributed by atoms with E-state index in [1.165, 1.54) is 16.7 Å². The molecule has 1 fully saturated rings. The Bertz CT molecular complexity index is 460. The Hall–Kier alpha value is -0.860. The molecule has 0 aliphatic heterocycles. The largest absolute Gasteiger partial charge is 0.390 e. The van der Waals surface area contributed by atoms with Gasteiger partial charge in [-0.3, -0.25) is 0 Å². The summed E-state index contributed by atoms with van der Waals surface area (Å²) in [5.41, 5.74) is 3.73. The van der Waals surface area contributed by atoms with Crippen molar-refractivity contribution in [3.63, 3.8) is 0 Å². The van der Waals surface area contributed by atoms with Gasteiger partial charge >= 0.3 is 0 Å². The number of aryl methyl sites for hydroxylation is 2. The summed E-state index contributed by atoms with van der Waals surface area (Å²) < 4.78 is 5.82. The van der Waals surface area contributed by atoms with Crippen molar-refractivity contribution < 1.29 is 9.84 Å². The Morgan fingerprint density at radius 1 is 1.05 bits per heavy atom. The van der Waals surface area contributed by atoms with Crippen LogP contribution in [-0.4, -0.2) is 23.9 Å². The minimum absolute atomic E-state index is 0.368. The van der Waals surface area contributed by atoms with Crippen molar-refractivity contribution in [1.29, 1.82) is 0 Å². The Morgan fingerprint density at radius 3 is 2.05 bits per heavy atom. The topological polar surface area (TPSA) is 29.5 Å². The van der Waals surface area contributed by atoms with Crippen LogP contribution in [0.3, 0.4) is 0 Å². The number of ether oxygens (including phenoxy) is 1. The van der Waals surface area contributed by atoms with Gasteiger partial charge in [0.15, 0.2) is 0 Å². The van der Waals surface area contributed by atoms with Gasteiger partial charge in [-0.2, -0.15) is 0 Å². The number of hydrogen-bond acceptors (Lipinski definition) is 2. The van der Waals surface area contributed by atoms with Crippen LogP contribution >= 0.6 is 0 Å². The maximum Gasteiger partial charge on any atom is 0.0940 e. The van der Waals surface area contributed by atoms with E-state index in [9.17, 15) is 5.11 Å². The lowest BCUT2D eigenvalue weighted by Crippen LogP contribution is -2.49. The van der Waals surface area contributed by atoms with Crippen LogP contribution < -0.4 is 0 Å².